The van der Waals surface area contributed by atoms with Gasteiger partial charge in [0.15, 0.2) is 0 Å². The number of carbonyl (C=O) groups excluding carboxylic acids is 1. The number of hydrogen-bond acceptors (Lipinski definition) is 3. The van der Waals surface area contributed by atoms with Gasteiger partial charge in [0, 0.05) is 6.04 Å². The average molecular weight is 298 g/mol. The van der Waals surface area contributed by atoms with Crippen LogP contribution in [0.3, 0.4) is 0 Å². The molecule has 4 unspecified atom stereocenters. The average Bonchev–Trinajstić information content (AvgIpc) is 2.99. The molecule has 7 heteroatoms. The van der Waals surface area contributed by atoms with Gasteiger partial charge in [0.25, 0.3) is 0 Å². The minimum absolute atomic E-state index is 0.0282. The van der Waals surface area contributed by atoms with E-state index in [-0.39, 0.29) is 6.04 Å². The largest absolute Gasteiger partial charge is 0.481 e. The highest BCUT2D eigenvalue weighted by Crippen LogP contribution is 2.49. The van der Waals surface area contributed by atoms with Crippen molar-refractivity contribution in [1.82, 2.24) is 10.6 Å². The molecule has 0 saturated heterocycles. The van der Waals surface area contributed by atoms with E-state index in [2.05, 4.69) is 10.6 Å². The second-order valence-corrected chi connectivity index (χ2v) is 6.23. The van der Waals surface area contributed by atoms with Gasteiger partial charge in [-0.3, -0.25) is 4.79 Å². The zero-order chi connectivity index (χ0) is 15.6. The molecule has 0 aromatic carbocycles. The van der Waals surface area contributed by atoms with Crippen LogP contribution in [-0.2, 0) is 9.59 Å². The monoisotopic (exact) mass is 298 g/mol. The van der Waals surface area contributed by atoms with Gasteiger partial charge in [0.2, 0.25) is 0 Å². The van der Waals surface area contributed by atoms with E-state index in [0.717, 1.165) is 12.3 Å². The van der Waals surface area contributed by atoms with Gasteiger partial charge in [-0.2, -0.15) is 0 Å². The zero-order valence-electron chi connectivity index (χ0n) is 12.0. The van der Waals surface area contributed by atoms with E-state index in [1.807, 2.05) is 6.92 Å². The predicted octanol–water partition coefficient (Wildman–Crippen LogP) is 1.04. The second-order valence-electron chi connectivity index (χ2n) is 6.23. The van der Waals surface area contributed by atoms with E-state index < -0.39 is 30.4 Å². The number of fused-ring (bicyclic) bond motifs is 2. The number of aliphatic carboxylic acids is 2. The molecule has 0 aromatic rings. The molecule has 0 heterocycles. The molecule has 7 nitrogen and oxygen atoms in total. The number of urea groups is 1. The summed E-state index contributed by atoms with van der Waals surface area (Å²) in [7, 11) is 0. The summed E-state index contributed by atoms with van der Waals surface area (Å²) in [6.07, 6.45) is 4.20. The molecular weight excluding hydrogens is 276 g/mol. The lowest BCUT2D eigenvalue weighted by atomic mass is 9.84. The summed E-state index contributed by atoms with van der Waals surface area (Å²) in [6, 6.07) is -2.05. The summed E-state index contributed by atoms with van der Waals surface area (Å²) < 4.78 is 0. The smallest absolute Gasteiger partial charge is 0.326 e. The molecule has 0 aliphatic heterocycles. The standard InChI is InChI=1S/C14H22N2O5/c1-7(10-5-8-2-3-9(10)4-8)15-14(21)16-11(13(19)20)6-12(17)18/h7-11H,2-6H2,1H3,(H,17,18)(H,19,20)(H2,15,16,21)/t7?,8?,9?,10?,11-/m0/s1. The summed E-state index contributed by atoms with van der Waals surface area (Å²) in [5.41, 5.74) is 0. The van der Waals surface area contributed by atoms with Crippen LogP contribution in [0.4, 0.5) is 4.79 Å². The van der Waals surface area contributed by atoms with Gasteiger partial charge in [0.05, 0.1) is 6.42 Å². The summed E-state index contributed by atoms with van der Waals surface area (Å²) in [5, 5.41) is 22.5. The van der Waals surface area contributed by atoms with Crippen molar-refractivity contribution in [3.05, 3.63) is 0 Å². The normalized spacial score (nSPS) is 29.7. The minimum Gasteiger partial charge on any atom is -0.481 e. The predicted molar refractivity (Wildman–Crippen MR) is 73.7 cm³/mol. The van der Waals surface area contributed by atoms with E-state index in [1.165, 1.54) is 19.3 Å². The summed E-state index contributed by atoms with van der Waals surface area (Å²) >= 11 is 0. The second kappa shape index (κ2) is 6.32. The summed E-state index contributed by atoms with van der Waals surface area (Å²) in [5.74, 6) is -0.744. The number of nitrogens with one attached hydrogen (secondary N) is 2. The minimum atomic E-state index is -1.41. The molecule has 2 amide bonds. The van der Waals surface area contributed by atoms with Gasteiger partial charge in [-0.1, -0.05) is 6.42 Å². The fourth-order valence-corrected chi connectivity index (χ4v) is 3.79. The molecule has 0 aromatic heterocycles. The van der Waals surface area contributed by atoms with E-state index in [4.69, 9.17) is 10.2 Å². The molecule has 5 atom stereocenters. The number of carbonyl (C=O) groups is 3. The van der Waals surface area contributed by atoms with Crippen molar-refractivity contribution in [3.8, 4) is 0 Å². The molecule has 2 fully saturated rings. The Hall–Kier alpha value is -1.79. The lowest BCUT2D eigenvalue weighted by Gasteiger charge is -2.29. The fourth-order valence-electron chi connectivity index (χ4n) is 3.79. The Morgan fingerprint density at radius 3 is 2.33 bits per heavy atom. The van der Waals surface area contributed by atoms with E-state index >= 15 is 0 Å². The maximum Gasteiger partial charge on any atom is 0.326 e. The third-order valence-electron chi connectivity index (χ3n) is 4.78. The lowest BCUT2D eigenvalue weighted by molar-refractivity contribution is -0.145. The first-order chi connectivity index (χ1) is 9.86. The first-order valence-corrected chi connectivity index (χ1v) is 7.38. The Kier molecular flexibility index (Phi) is 4.69. The Balaban J connectivity index is 1.82. The lowest BCUT2D eigenvalue weighted by Crippen LogP contribution is -2.51. The molecule has 2 saturated carbocycles. The SMILES string of the molecule is CC(NC(=O)N[C@@H](CC(=O)O)C(=O)O)C1CC2CCC1C2. The molecular formula is C14H22N2O5. The van der Waals surface area contributed by atoms with Gasteiger partial charge >= 0.3 is 18.0 Å². The van der Waals surface area contributed by atoms with Crippen molar-refractivity contribution < 1.29 is 24.6 Å². The molecule has 118 valence electrons. The van der Waals surface area contributed by atoms with Crippen molar-refractivity contribution in [1.29, 1.82) is 0 Å². The van der Waals surface area contributed by atoms with Crippen LogP contribution < -0.4 is 10.6 Å². The van der Waals surface area contributed by atoms with Crippen molar-refractivity contribution in [2.24, 2.45) is 17.8 Å². The van der Waals surface area contributed by atoms with Crippen molar-refractivity contribution in [2.75, 3.05) is 0 Å². The van der Waals surface area contributed by atoms with Gasteiger partial charge in [-0.15, -0.1) is 0 Å². The number of hydrogen-bond donors (Lipinski definition) is 4. The first kappa shape index (κ1) is 15.6. The van der Waals surface area contributed by atoms with Crippen LogP contribution in [0.25, 0.3) is 0 Å². The van der Waals surface area contributed by atoms with Crippen molar-refractivity contribution in [2.45, 2.75) is 51.1 Å². The number of rotatable bonds is 6. The number of carboxylic acid groups (broad SMARTS) is 2. The van der Waals surface area contributed by atoms with Gasteiger partial charge in [-0.25, -0.2) is 9.59 Å². The molecule has 21 heavy (non-hydrogen) atoms. The van der Waals surface area contributed by atoms with Gasteiger partial charge in [0.1, 0.15) is 6.04 Å². The highest BCUT2D eigenvalue weighted by molar-refractivity contribution is 5.86. The molecule has 2 bridgehead atoms. The Labute approximate surface area is 123 Å². The maximum atomic E-state index is 11.8. The Morgan fingerprint density at radius 2 is 1.86 bits per heavy atom. The van der Waals surface area contributed by atoms with E-state index in [9.17, 15) is 14.4 Å². The zero-order valence-corrected chi connectivity index (χ0v) is 12.0. The van der Waals surface area contributed by atoms with Crippen LogP contribution in [0.2, 0.25) is 0 Å². The fraction of sp³-hybridized carbons (Fsp3) is 0.786. The van der Waals surface area contributed by atoms with Crippen LogP contribution in [-0.4, -0.2) is 40.3 Å². The summed E-state index contributed by atoms with van der Waals surface area (Å²) in [6.45, 7) is 1.93. The highest BCUT2D eigenvalue weighted by atomic mass is 16.4. The quantitative estimate of drug-likeness (QED) is 0.584. The molecule has 0 spiro atoms. The van der Waals surface area contributed by atoms with Crippen LogP contribution in [0, 0.1) is 17.8 Å². The molecule has 4 N–H and O–H groups in total. The third kappa shape index (κ3) is 3.86. The topological polar surface area (TPSA) is 116 Å². The molecule has 0 radical (unpaired) electrons. The van der Waals surface area contributed by atoms with Gasteiger partial charge < -0.3 is 20.8 Å². The number of amides is 2. The van der Waals surface area contributed by atoms with Crippen LogP contribution in [0.1, 0.15) is 39.0 Å². The molecule has 2 aliphatic carbocycles. The third-order valence-corrected chi connectivity index (χ3v) is 4.78. The van der Waals surface area contributed by atoms with Crippen LogP contribution in [0.5, 0.6) is 0 Å². The maximum absolute atomic E-state index is 11.8. The Morgan fingerprint density at radius 1 is 1.14 bits per heavy atom. The van der Waals surface area contributed by atoms with Crippen LogP contribution >= 0.6 is 0 Å². The highest BCUT2D eigenvalue weighted by Gasteiger charge is 2.42. The first-order valence-electron chi connectivity index (χ1n) is 7.38. The molecule has 2 rings (SSSR count). The van der Waals surface area contributed by atoms with Crippen LogP contribution in [0.15, 0.2) is 0 Å². The number of carboxylic acids is 2. The van der Waals surface area contributed by atoms with E-state index in [0.29, 0.717) is 11.8 Å². The van der Waals surface area contributed by atoms with Crippen molar-refractivity contribution >= 4 is 18.0 Å². The van der Waals surface area contributed by atoms with Crippen molar-refractivity contribution in [3.63, 3.8) is 0 Å². The van der Waals surface area contributed by atoms with Gasteiger partial charge in [-0.05, 0) is 43.9 Å². The Bertz CT molecular complexity index is 439. The van der Waals surface area contributed by atoms with E-state index in [1.54, 1.807) is 0 Å². The summed E-state index contributed by atoms with van der Waals surface area (Å²) in [4.78, 5) is 33.3. The molecule has 2 aliphatic rings.